The average molecular weight is 762 g/mol. The summed E-state index contributed by atoms with van der Waals surface area (Å²) in [5.41, 5.74) is 10.3. The van der Waals surface area contributed by atoms with Crippen LogP contribution >= 0.6 is 0 Å². The van der Waals surface area contributed by atoms with Gasteiger partial charge in [0.15, 0.2) is 0 Å². The Morgan fingerprint density at radius 2 is 0.949 bits per heavy atom. The highest BCUT2D eigenvalue weighted by molar-refractivity contribution is 6.00. The van der Waals surface area contributed by atoms with Gasteiger partial charge in [-0.05, 0) is 103 Å². The SMILES string of the molecule is [2H]c1c([2H])c([2H])c(N(c2ccc3c(c2)C(C)(C)c2ccccc2-3)c2c([2H])c([2H])c(-c3ccccc3)c([2H])c2[2H])c(-c2cccc3c2-c2ccccc2C3(c2ccccc2)c2ccccc2)c1[2H]. The molecule has 280 valence electrons. The van der Waals surface area contributed by atoms with E-state index < -0.39 is 22.9 Å². The van der Waals surface area contributed by atoms with Crippen LogP contribution < -0.4 is 4.90 Å². The van der Waals surface area contributed by atoms with Gasteiger partial charge in [-0.3, -0.25) is 0 Å². The van der Waals surface area contributed by atoms with Crippen molar-refractivity contribution in [1.29, 1.82) is 0 Å². The third-order valence-corrected chi connectivity index (χ3v) is 12.4. The van der Waals surface area contributed by atoms with Crippen LogP contribution in [0.15, 0.2) is 224 Å². The summed E-state index contributed by atoms with van der Waals surface area (Å²) in [4.78, 5) is 1.56. The quantitative estimate of drug-likeness (QED) is 0.156. The van der Waals surface area contributed by atoms with E-state index in [1.807, 2.05) is 97.1 Å². The van der Waals surface area contributed by atoms with Crippen molar-refractivity contribution >= 4 is 17.1 Å². The Labute approximate surface area is 358 Å². The molecule has 0 heterocycles. The lowest BCUT2D eigenvalue weighted by atomic mass is 9.67. The normalized spacial score (nSPS) is 15.8. The van der Waals surface area contributed by atoms with Crippen LogP contribution in [-0.4, -0.2) is 0 Å². The number of anilines is 3. The van der Waals surface area contributed by atoms with E-state index in [4.69, 9.17) is 0 Å². The molecule has 0 atom stereocenters. The van der Waals surface area contributed by atoms with Gasteiger partial charge in [0.2, 0.25) is 0 Å². The zero-order valence-electron chi connectivity index (χ0n) is 40.7. The molecule has 1 nitrogen and oxygen atoms in total. The molecule has 9 aromatic rings. The predicted molar refractivity (Wildman–Crippen MR) is 247 cm³/mol. The van der Waals surface area contributed by atoms with Gasteiger partial charge in [0.1, 0.15) is 0 Å². The molecule has 2 aliphatic carbocycles. The molecule has 0 aliphatic heterocycles. The molecule has 1 heteroatoms. The number of para-hydroxylation sites is 1. The van der Waals surface area contributed by atoms with E-state index in [9.17, 15) is 11.0 Å². The maximum absolute atomic E-state index is 9.95. The molecular weight excluding hydrogens is 711 g/mol. The number of nitrogens with zero attached hydrogens (tertiary/aromatic N) is 1. The highest BCUT2D eigenvalue weighted by Crippen LogP contribution is 2.59. The second-order valence-electron chi connectivity index (χ2n) is 15.8. The summed E-state index contributed by atoms with van der Waals surface area (Å²) in [6, 6.07) is 55.0. The first-order valence-corrected chi connectivity index (χ1v) is 20.0. The van der Waals surface area contributed by atoms with Crippen LogP contribution in [0.25, 0.3) is 44.5 Å². The van der Waals surface area contributed by atoms with Gasteiger partial charge in [-0.1, -0.05) is 208 Å². The molecule has 0 fully saturated rings. The molecule has 0 bridgehead atoms. The Bertz CT molecular complexity index is 3410. The lowest BCUT2D eigenvalue weighted by Crippen LogP contribution is -2.28. The Morgan fingerprint density at radius 1 is 0.390 bits per heavy atom. The molecule has 11 rings (SSSR count). The minimum Gasteiger partial charge on any atom is -0.310 e. The van der Waals surface area contributed by atoms with Crippen LogP contribution in [-0.2, 0) is 10.8 Å². The Hall–Kier alpha value is -7.22. The highest BCUT2D eigenvalue weighted by atomic mass is 15.1. The molecule has 0 radical (unpaired) electrons. The van der Waals surface area contributed by atoms with Crippen molar-refractivity contribution in [2.45, 2.75) is 24.7 Å². The Balaban J connectivity index is 1.27. The molecule has 0 saturated carbocycles. The fourth-order valence-corrected chi connectivity index (χ4v) is 9.74. The summed E-state index contributed by atoms with van der Waals surface area (Å²) in [5.74, 6) is 0. The zero-order chi connectivity index (χ0) is 46.5. The third-order valence-electron chi connectivity index (χ3n) is 12.4. The summed E-state index contributed by atoms with van der Waals surface area (Å²) in [6.45, 7) is 4.29. The van der Waals surface area contributed by atoms with Crippen LogP contribution in [0.5, 0.6) is 0 Å². The third kappa shape index (κ3) is 5.31. The van der Waals surface area contributed by atoms with Crippen molar-refractivity contribution in [3.63, 3.8) is 0 Å². The molecule has 0 spiro atoms. The van der Waals surface area contributed by atoms with Crippen molar-refractivity contribution in [3.05, 3.63) is 258 Å². The van der Waals surface area contributed by atoms with E-state index in [1.54, 1.807) is 29.2 Å². The van der Waals surface area contributed by atoms with E-state index in [-0.39, 0.29) is 58.8 Å². The van der Waals surface area contributed by atoms with Gasteiger partial charge in [0.05, 0.1) is 22.1 Å². The van der Waals surface area contributed by atoms with E-state index in [0.717, 1.165) is 55.6 Å². The van der Waals surface area contributed by atoms with Crippen molar-refractivity contribution in [2.75, 3.05) is 4.90 Å². The lowest BCUT2D eigenvalue weighted by molar-refractivity contribution is 0.660. The average Bonchev–Trinajstić information content (AvgIpc) is 3.79. The number of benzene rings is 9. The van der Waals surface area contributed by atoms with Gasteiger partial charge in [0.25, 0.3) is 0 Å². The van der Waals surface area contributed by atoms with Crippen LogP contribution in [0.3, 0.4) is 0 Å². The smallest absolute Gasteiger partial charge is 0.0713 e. The summed E-state index contributed by atoms with van der Waals surface area (Å²) < 4.78 is 77.1. The minimum absolute atomic E-state index is 0.00957. The molecule has 9 aromatic carbocycles. The lowest BCUT2D eigenvalue weighted by Gasteiger charge is -2.34. The van der Waals surface area contributed by atoms with Crippen molar-refractivity contribution in [1.82, 2.24) is 0 Å². The van der Waals surface area contributed by atoms with Gasteiger partial charge >= 0.3 is 0 Å². The molecule has 0 saturated heterocycles. The molecule has 0 amide bonds. The maximum Gasteiger partial charge on any atom is 0.0713 e. The molecular formula is C58H43N. The van der Waals surface area contributed by atoms with Gasteiger partial charge in [0, 0.05) is 22.4 Å². The second kappa shape index (κ2) is 13.7. The van der Waals surface area contributed by atoms with Crippen molar-refractivity contribution in [2.24, 2.45) is 0 Å². The first kappa shape index (κ1) is 27.4. The summed E-state index contributed by atoms with van der Waals surface area (Å²) in [5, 5.41) is 0. The van der Waals surface area contributed by atoms with E-state index in [0.29, 0.717) is 16.8 Å². The fourth-order valence-electron chi connectivity index (χ4n) is 9.74. The highest BCUT2D eigenvalue weighted by Gasteiger charge is 2.47. The van der Waals surface area contributed by atoms with Crippen LogP contribution in [0.2, 0.25) is 0 Å². The maximum atomic E-state index is 9.95. The monoisotopic (exact) mass is 761 g/mol. The largest absolute Gasteiger partial charge is 0.310 e. The minimum atomic E-state index is -0.813. The second-order valence-corrected chi connectivity index (χ2v) is 15.8. The Kier molecular flexibility index (Phi) is 6.38. The standard InChI is InChI=1S/C58H43N/c1-57(2)51-29-15-12-25-46(51)47-38-37-45(39-54(47)57)59(44-35-33-41(34-36-44)40-19-6-3-7-20-40)55-32-17-14-26-48(55)49-28-18-31-53-56(49)50-27-13-16-30-52(50)58(53,42-21-8-4-9-22-42)43-23-10-5-11-24-43/h3-39H,1-2H3/i14D,17D,26D,32D,33D,34D,35D,36D. The van der Waals surface area contributed by atoms with E-state index in [1.165, 1.54) is 0 Å². The molecule has 0 aromatic heterocycles. The molecule has 59 heavy (non-hydrogen) atoms. The Morgan fingerprint density at radius 3 is 1.66 bits per heavy atom. The van der Waals surface area contributed by atoms with Crippen molar-refractivity contribution in [3.8, 4) is 44.5 Å². The van der Waals surface area contributed by atoms with Crippen LogP contribution in [0, 0.1) is 0 Å². The number of rotatable bonds is 7. The molecule has 0 unspecified atom stereocenters. The first-order valence-electron chi connectivity index (χ1n) is 24.0. The number of fused-ring (bicyclic) bond motifs is 6. The van der Waals surface area contributed by atoms with Crippen molar-refractivity contribution < 1.29 is 11.0 Å². The topological polar surface area (TPSA) is 3.24 Å². The molecule has 2 aliphatic rings. The van der Waals surface area contributed by atoms with E-state index in [2.05, 4.69) is 68.4 Å². The summed E-state index contributed by atoms with van der Waals surface area (Å²) in [6.07, 6.45) is 0. The van der Waals surface area contributed by atoms with E-state index >= 15 is 0 Å². The fraction of sp³-hybridized carbons (Fsp3) is 0.0690. The molecule has 0 N–H and O–H groups in total. The number of hydrogen-bond acceptors (Lipinski definition) is 1. The van der Waals surface area contributed by atoms with Gasteiger partial charge < -0.3 is 4.90 Å². The summed E-state index contributed by atoms with van der Waals surface area (Å²) in [7, 11) is 0. The van der Waals surface area contributed by atoms with Gasteiger partial charge in [-0.2, -0.15) is 0 Å². The predicted octanol–water partition coefficient (Wildman–Crippen LogP) is 15.2. The van der Waals surface area contributed by atoms with Gasteiger partial charge in [-0.25, -0.2) is 0 Å². The first-order chi connectivity index (χ1) is 32.4. The van der Waals surface area contributed by atoms with Crippen LogP contribution in [0.4, 0.5) is 17.1 Å². The number of hydrogen-bond donors (Lipinski definition) is 0. The van der Waals surface area contributed by atoms with Gasteiger partial charge in [-0.15, -0.1) is 0 Å². The zero-order valence-corrected chi connectivity index (χ0v) is 32.7. The summed E-state index contributed by atoms with van der Waals surface area (Å²) >= 11 is 0. The van der Waals surface area contributed by atoms with Crippen LogP contribution in [0.1, 0.15) is 58.2 Å².